The largest absolute Gasteiger partial charge is 0.382 e. The first-order chi connectivity index (χ1) is 23.2. The summed E-state index contributed by atoms with van der Waals surface area (Å²) in [6, 6.07) is 13.3. The second-order valence-corrected chi connectivity index (χ2v) is 17.7. The van der Waals surface area contributed by atoms with Gasteiger partial charge in [0.2, 0.25) is 20.0 Å². The predicted octanol–water partition coefficient (Wildman–Crippen LogP) is 1.86. The normalized spacial score (nSPS) is 28.1. The molecule has 3 aliphatic rings. The second kappa shape index (κ2) is 13.9. The lowest BCUT2D eigenvalue weighted by Crippen LogP contribution is -2.58. The molecular formula is C34H45N5O8S2. The standard InChI is InChI=1S/C34H45N5O8S2/c1-23(15-29-18-46-20-33(29,40)27-7-5-25(6-8-27)26-16-36-22-37-17-26)49(44,45)38-32(24(2)48(35,42)43)31-19-47-21-34(31,41)28-9-11-30(12-10-28)39-13-3-4-14-39/h5-12,16-17,22-24,29,31-32,38,40-41H,3-4,13-15,18-21H2,1-2H3,(H2,35,42,43). The summed E-state index contributed by atoms with van der Waals surface area (Å²) in [5.41, 5.74) is 0.625. The maximum atomic E-state index is 14.0. The third-order valence-corrected chi connectivity index (χ3v) is 13.8. The molecule has 13 nitrogen and oxygen atoms in total. The molecule has 6 rings (SSSR count). The van der Waals surface area contributed by atoms with E-state index in [-0.39, 0.29) is 32.8 Å². The molecule has 0 amide bonds. The summed E-state index contributed by atoms with van der Waals surface area (Å²) >= 11 is 0. The molecule has 0 aliphatic carbocycles. The topological polar surface area (TPSA) is 194 Å². The number of primary sulfonamides is 1. The van der Waals surface area contributed by atoms with Crippen LogP contribution in [0.1, 0.15) is 44.2 Å². The average molecular weight is 716 g/mol. The summed E-state index contributed by atoms with van der Waals surface area (Å²) in [6.07, 6.45) is 7.05. The lowest BCUT2D eigenvalue weighted by atomic mass is 9.79. The zero-order valence-corrected chi connectivity index (χ0v) is 29.3. The minimum atomic E-state index is -4.26. The van der Waals surface area contributed by atoms with E-state index in [0.717, 1.165) is 42.7 Å². The van der Waals surface area contributed by atoms with Crippen LogP contribution in [-0.2, 0) is 40.7 Å². The van der Waals surface area contributed by atoms with Gasteiger partial charge in [-0.2, -0.15) is 0 Å². The molecule has 0 radical (unpaired) electrons. The van der Waals surface area contributed by atoms with Crippen LogP contribution in [0.25, 0.3) is 11.1 Å². The van der Waals surface area contributed by atoms with Crippen molar-refractivity contribution in [1.82, 2.24) is 14.7 Å². The molecule has 15 heteroatoms. The molecule has 3 saturated heterocycles. The van der Waals surface area contributed by atoms with Gasteiger partial charge in [-0.1, -0.05) is 36.4 Å². The van der Waals surface area contributed by atoms with Crippen molar-refractivity contribution in [2.24, 2.45) is 17.0 Å². The van der Waals surface area contributed by atoms with Gasteiger partial charge in [0.15, 0.2) is 0 Å². The minimum Gasteiger partial charge on any atom is -0.382 e. The number of benzene rings is 2. The van der Waals surface area contributed by atoms with Crippen molar-refractivity contribution in [3.8, 4) is 11.1 Å². The Morgan fingerprint density at radius 1 is 0.878 bits per heavy atom. The molecular weight excluding hydrogens is 671 g/mol. The Hall–Kier alpha value is -3.02. The van der Waals surface area contributed by atoms with Gasteiger partial charge < -0.3 is 24.6 Å². The molecule has 7 atom stereocenters. The van der Waals surface area contributed by atoms with E-state index in [4.69, 9.17) is 14.6 Å². The summed E-state index contributed by atoms with van der Waals surface area (Å²) in [7, 11) is -8.50. The molecule has 1 aromatic heterocycles. The fourth-order valence-corrected chi connectivity index (χ4v) is 9.58. The Kier molecular flexibility index (Phi) is 10.2. The number of rotatable bonds is 12. The lowest BCUT2D eigenvalue weighted by Gasteiger charge is -2.37. The van der Waals surface area contributed by atoms with Gasteiger partial charge in [-0.25, -0.2) is 36.7 Å². The van der Waals surface area contributed by atoms with E-state index in [1.54, 1.807) is 36.7 Å². The Bertz CT molecular complexity index is 1810. The molecule has 3 aromatic rings. The Labute approximate surface area is 288 Å². The maximum absolute atomic E-state index is 14.0. The fourth-order valence-electron chi connectivity index (χ4n) is 7.36. The number of sulfonamides is 2. The van der Waals surface area contributed by atoms with Gasteiger partial charge >= 0.3 is 0 Å². The quantitative estimate of drug-likeness (QED) is 0.214. The number of nitrogens with one attached hydrogen (secondary N) is 1. The maximum Gasteiger partial charge on any atom is 0.214 e. The number of aromatic nitrogens is 2. The Morgan fingerprint density at radius 2 is 1.45 bits per heavy atom. The minimum absolute atomic E-state index is 0.0139. The van der Waals surface area contributed by atoms with Gasteiger partial charge in [-0.3, -0.25) is 0 Å². The molecule has 2 aromatic carbocycles. The van der Waals surface area contributed by atoms with E-state index in [0.29, 0.717) is 11.1 Å². The molecule has 4 heterocycles. The molecule has 0 saturated carbocycles. The zero-order valence-electron chi connectivity index (χ0n) is 27.7. The summed E-state index contributed by atoms with van der Waals surface area (Å²) in [4.78, 5) is 10.3. The molecule has 3 aliphatic heterocycles. The fraction of sp³-hybridized carbons (Fsp3) is 0.529. The molecule has 0 spiro atoms. The van der Waals surface area contributed by atoms with Crippen molar-refractivity contribution < 1.29 is 36.5 Å². The van der Waals surface area contributed by atoms with Crippen molar-refractivity contribution >= 4 is 25.7 Å². The van der Waals surface area contributed by atoms with E-state index >= 15 is 0 Å². The van der Waals surface area contributed by atoms with Gasteiger partial charge in [0, 0.05) is 54.6 Å². The summed E-state index contributed by atoms with van der Waals surface area (Å²) in [5.74, 6) is -1.55. The first-order valence-corrected chi connectivity index (χ1v) is 19.7. The third-order valence-electron chi connectivity index (χ3n) is 10.6. The number of ether oxygens (including phenoxy) is 2. The SMILES string of the molecule is CC(C(NS(=O)(=O)C(C)CC1COCC1(O)c1ccc(-c2cncnc2)cc1)C1COCC1(O)c1ccc(N2CCCC2)cc1)S(N)(=O)=O. The van der Waals surface area contributed by atoms with E-state index in [1.807, 2.05) is 24.3 Å². The molecule has 7 unspecified atom stereocenters. The first kappa shape index (κ1) is 35.8. The van der Waals surface area contributed by atoms with Crippen LogP contribution >= 0.6 is 0 Å². The van der Waals surface area contributed by atoms with Crippen molar-refractivity contribution in [3.63, 3.8) is 0 Å². The smallest absolute Gasteiger partial charge is 0.214 e. The van der Waals surface area contributed by atoms with Crippen LogP contribution in [0.5, 0.6) is 0 Å². The number of aliphatic hydroxyl groups is 2. The highest BCUT2D eigenvalue weighted by molar-refractivity contribution is 7.90. The van der Waals surface area contributed by atoms with Crippen LogP contribution in [0.3, 0.4) is 0 Å². The number of hydrogen-bond acceptors (Lipinski definition) is 11. The van der Waals surface area contributed by atoms with Crippen LogP contribution in [0.2, 0.25) is 0 Å². The van der Waals surface area contributed by atoms with Crippen molar-refractivity contribution in [2.75, 3.05) is 44.4 Å². The van der Waals surface area contributed by atoms with Crippen LogP contribution in [0.15, 0.2) is 67.3 Å². The number of nitrogens with zero attached hydrogens (tertiary/aromatic N) is 3. The Balaban J connectivity index is 1.22. The third kappa shape index (κ3) is 7.26. The van der Waals surface area contributed by atoms with Crippen molar-refractivity contribution in [1.29, 1.82) is 0 Å². The molecule has 5 N–H and O–H groups in total. The van der Waals surface area contributed by atoms with E-state index in [9.17, 15) is 27.0 Å². The molecule has 0 bridgehead atoms. The van der Waals surface area contributed by atoms with Crippen molar-refractivity contribution in [2.45, 2.75) is 60.9 Å². The van der Waals surface area contributed by atoms with Crippen LogP contribution in [0.4, 0.5) is 5.69 Å². The lowest BCUT2D eigenvalue weighted by molar-refractivity contribution is -0.0120. The van der Waals surface area contributed by atoms with E-state index < -0.39 is 59.6 Å². The van der Waals surface area contributed by atoms with Gasteiger partial charge in [0.25, 0.3) is 0 Å². The number of nitrogens with two attached hydrogens (primary N) is 1. The second-order valence-electron chi connectivity index (χ2n) is 13.7. The zero-order chi connectivity index (χ0) is 35.0. The van der Waals surface area contributed by atoms with Gasteiger partial charge in [0.05, 0.1) is 36.9 Å². The average Bonchev–Trinajstić information content (AvgIpc) is 3.85. The summed E-state index contributed by atoms with van der Waals surface area (Å²) in [6.45, 7) is 4.62. The first-order valence-electron chi connectivity index (χ1n) is 16.6. The molecule has 49 heavy (non-hydrogen) atoms. The van der Waals surface area contributed by atoms with E-state index in [1.165, 1.54) is 20.2 Å². The molecule has 3 fully saturated rings. The van der Waals surface area contributed by atoms with Crippen LogP contribution in [-0.4, -0.2) is 93.1 Å². The summed E-state index contributed by atoms with van der Waals surface area (Å²) < 4.78 is 67.4. The highest BCUT2D eigenvalue weighted by atomic mass is 32.2. The van der Waals surface area contributed by atoms with Gasteiger partial charge in [-0.15, -0.1) is 0 Å². The summed E-state index contributed by atoms with van der Waals surface area (Å²) in [5, 5.41) is 27.0. The molecule has 266 valence electrons. The van der Waals surface area contributed by atoms with E-state index in [2.05, 4.69) is 19.6 Å². The highest BCUT2D eigenvalue weighted by Gasteiger charge is 2.52. The monoisotopic (exact) mass is 715 g/mol. The van der Waals surface area contributed by atoms with Crippen molar-refractivity contribution in [3.05, 3.63) is 78.4 Å². The highest BCUT2D eigenvalue weighted by Crippen LogP contribution is 2.42. The van der Waals surface area contributed by atoms with Gasteiger partial charge in [-0.05, 0) is 61.9 Å². The Morgan fingerprint density at radius 3 is 2.08 bits per heavy atom. The van der Waals surface area contributed by atoms with Crippen LogP contribution in [0, 0.1) is 11.8 Å². The van der Waals surface area contributed by atoms with Crippen LogP contribution < -0.4 is 14.8 Å². The number of anilines is 1. The number of hydrogen-bond donors (Lipinski definition) is 4. The predicted molar refractivity (Wildman–Crippen MR) is 184 cm³/mol. The van der Waals surface area contributed by atoms with Gasteiger partial charge in [0.1, 0.15) is 17.5 Å².